The molecule has 0 spiro atoms. The average Bonchev–Trinajstić information content (AvgIpc) is 3.03. The number of thioether (sulfide) groups is 1. The van der Waals surface area contributed by atoms with Crippen LogP contribution in [0.15, 0.2) is 15.7 Å². The van der Waals surface area contributed by atoms with E-state index in [1.165, 1.54) is 11.8 Å². The van der Waals surface area contributed by atoms with Gasteiger partial charge in [0.1, 0.15) is 5.76 Å². The second-order valence-corrected chi connectivity index (χ2v) is 4.78. The molecule has 0 bridgehead atoms. The number of aromatic nitrogens is 5. The van der Waals surface area contributed by atoms with Gasteiger partial charge in [-0.15, -0.1) is 5.10 Å². The van der Waals surface area contributed by atoms with Gasteiger partial charge < -0.3 is 14.6 Å². The van der Waals surface area contributed by atoms with Gasteiger partial charge in [0.05, 0.1) is 18.9 Å². The number of amides is 1. The molecule has 20 heavy (non-hydrogen) atoms. The zero-order valence-corrected chi connectivity index (χ0v) is 11.9. The highest BCUT2D eigenvalue weighted by atomic mass is 32.2. The molecule has 0 radical (unpaired) electrons. The van der Waals surface area contributed by atoms with Crippen molar-refractivity contribution < 1.29 is 14.1 Å². The van der Waals surface area contributed by atoms with Gasteiger partial charge in [-0.05, 0) is 17.4 Å². The van der Waals surface area contributed by atoms with E-state index in [4.69, 9.17) is 9.26 Å². The molecule has 0 aromatic carbocycles. The number of rotatable bonds is 7. The van der Waals surface area contributed by atoms with Crippen molar-refractivity contribution in [2.45, 2.75) is 18.6 Å². The molecular formula is C10H14N6O3S. The van der Waals surface area contributed by atoms with Gasteiger partial charge in [-0.2, -0.15) is 0 Å². The fourth-order valence-electron chi connectivity index (χ4n) is 1.35. The summed E-state index contributed by atoms with van der Waals surface area (Å²) in [6, 6.07) is 1.64. The standard InChI is InChI=1S/C10H14N6O3S/c1-7-5-8(13-19-7)11-9(17)6-20-10-12-14-15-16(10)3-4-18-2/h5H,3-4,6H2,1-2H3,(H,11,13,17). The van der Waals surface area contributed by atoms with Crippen LogP contribution in [-0.2, 0) is 16.1 Å². The normalized spacial score (nSPS) is 10.7. The zero-order valence-electron chi connectivity index (χ0n) is 11.1. The number of carbonyl (C=O) groups is 1. The first kappa shape index (κ1) is 14.5. The number of hydrogen-bond acceptors (Lipinski definition) is 8. The Morgan fingerprint density at radius 2 is 2.45 bits per heavy atom. The number of hydrogen-bond donors (Lipinski definition) is 1. The number of tetrazole rings is 1. The summed E-state index contributed by atoms with van der Waals surface area (Å²) in [5, 5.41) is 18.1. The van der Waals surface area contributed by atoms with E-state index in [0.717, 1.165) is 0 Å². The fraction of sp³-hybridized carbons (Fsp3) is 0.500. The fourth-order valence-corrected chi connectivity index (χ4v) is 2.06. The van der Waals surface area contributed by atoms with Gasteiger partial charge >= 0.3 is 0 Å². The molecule has 1 N–H and O–H groups in total. The van der Waals surface area contributed by atoms with E-state index < -0.39 is 0 Å². The van der Waals surface area contributed by atoms with Crippen molar-refractivity contribution in [2.75, 3.05) is 24.8 Å². The van der Waals surface area contributed by atoms with E-state index in [-0.39, 0.29) is 11.7 Å². The number of anilines is 1. The molecule has 0 saturated heterocycles. The summed E-state index contributed by atoms with van der Waals surface area (Å²) >= 11 is 1.24. The molecule has 2 heterocycles. The molecule has 0 aliphatic carbocycles. The van der Waals surface area contributed by atoms with Gasteiger partial charge in [-0.25, -0.2) is 4.68 Å². The maximum Gasteiger partial charge on any atom is 0.236 e. The number of methoxy groups -OCH3 is 1. The van der Waals surface area contributed by atoms with Gasteiger partial charge in [0.15, 0.2) is 5.82 Å². The first-order valence-corrected chi connectivity index (χ1v) is 6.78. The average molecular weight is 298 g/mol. The molecule has 1 amide bonds. The summed E-state index contributed by atoms with van der Waals surface area (Å²) < 4.78 is 11.4. The minimum absolute atomic E-state index is 0.180. The van der Waals surface area contributed by atoms with Crippen LogP contribution in [0.25, 0.3) is 0 Å². The van der Waals surface area contributed by atoms with Crippen LogP contribution < -0.4 is 5.32 Å². The Morgan fingerprint density at radius 1 is 1.60 bits per heavy atom. The van der Waals surface area contributed by atoms with E-state index in [9.17, 15) is 4.79 Å². The van der Waals surface area contributed by atoms with Crippen molar-refractivity contribution in [1.29, 1.82) is 0 Å². The van der Waals surface area contributed by atoms with Crippen LogP contribution in [0.4, 0.5) is 5.82 Å². The predicted octanol–water partition coefficient (Wildman–Crippen LogP) is 0.347. The maximum atomic E-state index is 11.7. The monoisotopic (exact) mass is 298 g/mol. The number of nitrogens with zero attached hydrogens (tertiary/aromatic N) is 5. The first-order valence-electron chi connectivity index (χ1n) is 5.80. The van der Waals surface area contributed by atoms with Crippen LogP contribution in [0.1, 0.15) is 5.76 Å². The van der Waals surface area contributed by atoms with Crippen molar-refractivity contribution in [3.8, 4) is 0 Å². The van der Waals surface area contributed by atoms with Gasteiger partial charge in [0, 0.05) is 13.2 Å². The van der Waals surface area contributed by atoms with Crippen LogP contribution in [0.5, 0.6) is 0 Å². The molecule has 0 aliphatic rings. The van der Waals surface area contributed by atoms with Crippen LogP contribution >= 0.6 is 11.8 Å². The zero-order chi connectivity index (χ0) is 14.4. The molecule has 0 atom stereocenters. The molecule has 0 unspecified atom stereocenters. The Balaban J connectivity index is 1.82. The van der Waals surface area contributed by atoms with Gasteiger partial charge in [0.25, 0.3) is 0 Å². The second-order valence-electron chi connectivity index (χ2n) is 3.84. The van der Waals surface area contributed by atoms with Gasteiger partial charge in [-0.3, -0.25) is 4.79 Å². The highest BCUT2D eigenvalue weighted by Crippen LogP contribution is 2.14. The molecular weight excluding hydrogens is 284 g/mol. The predicted molar refractivity (Wildman–Crippen MR) is 70.3 cm³/mol. The van der Waals surface area contributed by atoms with E-state index in [1.807, 2.05) is 0 Å². The topological polar surface area (TPSA) is 108 Å². The van der Waals surface area contributed by atoms with Crippen LogP contribution in [-0.4, -0.2) is 50.7 Å². The summed E-state index contributed by atoms with van der Waals surface area (Å²) in [6.07, 6.45) is 0. The summed E-state index contributed by atoms with van der Waals surface area (Å²) in [7, 11) is 1.60. The maximum absolute atomic E-state index is 11.7. The molecule has 0 saturated carbocycles. The van der Waals surface area contributed by atoms with E-state index >= 15 is 0 Å². The van der Waals surface area contributed by atoms with Crippen molar-refractivity contribution >= 4 is 23.5 Å². The van der Waals surface area contributed by atoms with Crippen molar-refractivity contribution in [2.24, 2.45) is 0 Å². The van der Waals surface area contributed by atoms with Crippen molar-refractivity contribution in [1.82, 2.24) is 25.4 Å². The highest BCUT2D eigenvalue weighted by Gasteiger charge is 2.11. The molecule has 2 rings (SSSR count). The van der Waals surface area contributed by atoms with E-state index in [2.05, 4.69) is 26.0 Å². The number of carbonyl (C=O) groups excluding carboxylic acids is 1. The third kappa shape index (κ3) is 4.03. The lowest BCUT2D eigenvalue weighted by molar-refractivity contribution is -0.113. The largest absolute Gasteiger partial charge is 0.383 e. The Kier molecular flexibility index (Phi) is 5.07. The smallest absolute Gasteiger partial charge is 0.236 e. The van der Waals surface area contributed by atoms with Crippen molar-refractivity contribution in [3.05, 3.63) is 11.8 Å². The summed E-state index contributed by atoms with van der Waals surface area (Å²) in [5.74, 6) is 1.01. The summed E-state index contributed by atoms with van der Waals surface area (Å²) in [4.78, 5) is 11.7. The number of ether oxygens (including phenoxy) is 1. The van der Waals surface area contributed by atoms with Crippen LogP contribution in [0.2, 0.25) is 0 Å². The molecule has 0 aliphatic heterocycles. The lowest BCUT2D eigenvalue weighted by Crippen LogP contribution is -2.15. The Hall–Kier alpha value is -1.94. The first-order chi connectivity index (χ1) is 9.69. The number of nitrogens with one attached hydrogen (secondary N) is 1. The van der Waals surface area contributed by atoms with Gasteiger partial charge in [0.2, 0.25) is 11.1 Å². The third-order valence-electron chi connectivity index (χ3n) is 2.23. The lowest BCUT2D eigenvalue weighted by Gasteiger charge is -2.03. The SMILES string of the molecule is COCCn1nnnc1SCC(=O)Nc1cc(C)on1. The van der Waals surface area contributed by atoms with E-state index in [1.54, 1.807) is 24.8 Å². The lowest BCUT2D eigenvalue weighted by atomic mass is 10.5. The van der Waals surface area contributed by atoms with E-state index in [0.29, 0.717) is 29.9 Å². The minimum atomic E-state index is -0.204. The molecule has 10 heteroatoms. The molecule has 2 aromatic rings. The highest BCUT2D eigenvalue weighted by molar-refractivity contribution is 7.99. The Bertz CT molecular complexity index is 569. The van der Waals surface area contributed by atoms with Crippen molar-refractivity contribution in [3.63, 3.8) is 0 Å². The summed E-state index contributed by atoms with van der Waals surface area (Å²) in [5.41, 5.74) is 0. The Morgan fingerprint density at radius 3 is 3.15 bits per heavy atom. The summed E-state index contributed by atoms with van der Waals surface area (Å²) in [6.45, 7) is 2.79. The van der Waals surface area contributed by atoms with Crippen LogP contribution in [0, 0.1) is 6.92 Å². The Labute approximate surface area is 119 Å². The number of aryl methyl sites for hydroxylation is 1. The second kappa shape index (κ2) is 7.01. The quantitative estimate of drug-likeness (QED) is 0.729. The van der Waals surface area contributed by atoms with Gasteiger partial charge in [-0.1, -0.05) is 16.9 Å². The third-order valence-corrected chi connectivity index (χ3v) is 3.19. The molecule has 9 nitrogen and oxygen atoms in total. The minimum Gasteiger partial charge on any atom is -0.383 e. The molecule has 0 fully saturated rings. The molecule has 2 aromatic heterocycles. The molecule has 108 valence electrons. The van der Waals surface area contributed by atoms with Crippen LogP contribution in [0.3, 0.4) is 0 Å².